The number of benzene rings is 2. The molecule has 0 N–H and O–H groups in total. The van der Waals surface area contributed by atoms with Gasteiger partial charge in [0.25, 0.3) is 0 Å². The fourth-order valence-electron chi connectivity index (χ4n) is 3.24. The number of nitrogens with zero attached hydrogens (tertiary/aromatic N) is 2. The summed E-state index contributed by atoms with van der Waals surface area (Å²) >= 11 is 1.24. The van der Waals surface area contributed by atoms with Crippen LogP contribution in [0.15, 0.2) is 53.7 Å². The number of hydrogen-bond acceptors (Lipinski definition) is 4. The van der Waals surface area contributed by atoms with E-state index in [2.05, 4.69) is 4.98 Å². The average molecular weight is 406 g/mol. The molecule has 2 atom stereocenters. The first kappa shape index (κ1) is 18.9. The highest BCUT2D eigenvalue weighted by atomic mass is 32.2. The standard InChI is InChI=1S/C20H17F3N2O2S/c1-12-9-17(18(26)27-12)28-19-24-15-10-14(20(21,22)23)7-8-16(15)25(19)11-13-5-3-2-4-6-13/h2-8,10,12,17H,9,11H2,1H3/t12-,17-/m0/s1. The molecule has 0 saturated carbocycles. The lowest BCUT2D eigenvalue weighted by Crippen LogP contribution is -2.11. The Morgan fingerprint density at radius 2 is 1.96 bits per heavy atom. The van der Waals surface area contributed by atoms with Crippen LogP contribution in [0.3, 0.4) is 0 Å². The van der Waals surface area contributed by atoms with Crippen LogP contribution in [0.25, 0.3) is 11.0 Å². The van der Waals surface area contributed by atoms with Crippen molar-refractivity contribution in [3.8, 4) is 0 Å². The van der Waals surface area contributed by atoms with Gasteiger partial charge in [0.05, 0.1) is 23.1 Å². The molecule has 0 radical (unpaired) electrons. The number of alkyl halides is 3. The molecule has 0 bridgehead atoms. The lowest BCUT2D eigenvalue weighted by atomic mass is 10.2. The SMILES string of the molecule is C[C@H]1C[C@H](Sc2nc3cc(C(F)(F)F)ccc3n2Cc2ccccc2)C(=O)O1. The van der Waals surface area contributed by atoms with Crippen molar-refractivity contribution in [2.24, 2.45) is 0 Å². The van der Waals surface area contributed by atoms with Gasteiger partial charge in [-0.05, 0) is 30.7 Å². The number of rotatable bonds is 4. The first-order chi connectivity index (χ1) is 13.3. The van der Waals surface area contributed by atoms with Crippen molar-refractivity contribution >= 4 is 28.8 Å². The monoisotopic (exact) mass is 406 g/mol. The number of ether oxygens (including phenoxy) is 1. The van der Waals surface area contributed by atoms with Gasteiger partial charge in [0.1, 0.15) is 11.4 Å². The molecule has 0 unspecified atom stereocenters. The van der Waals surface area contributed by atoms with E-state index in [-0.39, 0.29) is 17.6 Å². The summed E-state index contributed by atoms with van der Waals surface area (Å²) in [6.07, 6.45) is -4.06. The van der Waals surface area contributed by atoms with E-state index >= 15 is 0 Å². The number of thioether (sulfide) groups is 1. The van der Waals surface area contributed by atoms with Gasteiger partial charge >= 0.3 is 12.1 Å². The van der Waals surface area contributed by atoms with Crippen LogP contribution < -0.4 is 0 Å². The molecule has 28 heavy (non-hydrogen) atoms. The summed E-state index contributed by atoms with van der Waals surface area (Å²) in [6.45, 7) is 2.27. The first-order valence-corrected chi connectivity index (χ1v) is 9.68. The normalized spacial score (nSPS) is 19.9. The maximum absolute atomic E-state index is 13.1. The van der Waals surface area contributed by atoms with Crippen molar-refractivity contribution in [3.05, 3.63) is 59.7 Å². The summed E-state index contributed by atoms with van der Waals surface area (Å²) in [5.41, 5.74) is 1.10. The highest BCUT2D eigenvalue weighted by molar-refractivity contribution is 8.00. The molecule has 1 aliphatic heterocycles. The predicted octanol–water partition coefficient (Wildman–Crippen LogP) is 4.90. The third-order valence-electron chi connectivity index (χ3n) is 4.60. The molecular weight excluding hydrogens is 389 g/mol. The van der Waals surface area contributed by atoms with Gasteiger partial charge in [-0.2, -0.15) is 13.2 Å². The zero-order valence-corrected chi connectivity index (χ0v) is 15.8. The van der Waals surface area contributed by atoms with E-state index in [1.165, 1.54) is 17.8 Å². The Morgan fingerprint density at radius 1 is 1.21 bits per heavy atom. The molecule has 2 heterocycles. The van der Waals surface area contributed by atoms with E-state index in [0.29, 0.717) is 23.6 Å². The van der Waals surface area contributed by atoms with Gasteiger partial charge < -0.3 is 9.30 Å². The van der Waals surface area contributed by atoms with Crippen LogP contribution in [0.1, 0.15) is 24.5 Å². The number of esters is 1. The fourth-order valence-corrected chi connectivity index (χ4v) is 4.45. The van der Waals surface area contributed by atoms with Gasteiger partial charge in [-0.25, -0.2) is 4.98 Å². The molecule has 1 fully saturated rings. The molecule has 0 amide bonds. The number of carbonyl (C=O) groups is 1. The van der Waals surface area contributed by atoms with Gasteiger partial charge in [0.2, 0.25) is 0 Å². The minimum Gasteiger partial charge on any atom is -0.462 e. The number of hydrogen-bond donors (Lipinski definition) is 0. The Balaban J connectivity index is 1.76. The summed E-state index contributed by atoms with van der Waals surface area (Å²) in [7, 11) is 0. The van der Waals surface area contributed by atoms with Crippen molar-refractivity contribution in [2.45, 2.75) is 42.6 Å². The number of aromatic nitrogens is 2. The third kappa shape index (κ3) is 3.73. The van der Waals surface area contributed by atoms with Crippen molar-refractivity contribution in [1.82, 2.24) is 9.55 Å². The van der Waals surface area contributed by atoms with Crippen LogP contribution >= 0.6 is 11.8 Å². The van der Waals surface area contributed by atoms with E-state index in [4.69, 9.17) is 4.74 Å². The molecular formula is C20H17F3N2O2S. The second-order valence-corrected chi connectivity index (χ2v) is 7.93. The molecule has 0 spiro atoms. The van der Waals surface area contributed by atoms with Gasteiger partial charge in [-0.3, -0.25) is 4.79 Å². The van der Waals surface area contributed by atoms with Crippen LogP contribution in [0, 0.1) is 0 Å². The summed E-state index contributed by atoms with van der Waals surface area (Å²) in [5, 5.41) is 0.0950. The average Bonchev–Trinajstić information content (AvgIpc) is 3.14. The van der Waals surface area contributed by atoms with Crippen molar-refractivity contribution in [3.63, 3.8) is 0 Å². The Labute approximate surface area is 163 Å². The minimum absolute atomic E-state index is 0.172. The van der Waals surface area contributed by atoms with E-state index < -0.39 is 17.0 Å². The van der Waals surface area contributed by atoms with E-state index in [9.17, 15) is 18.0 Å². The Hall–Kier alpha value is -2.48. The number of cyclic esters (lactones) is 1. The summed E-state index contributed by atoms with van der Waals surface area (Å²) in [4.78, 5) is 16.5. The zero-order chi connectivity index (χ0) is 19.9. The van der Waals surface area contributed by atoms with Gasteiger partial charge in [-0.15, -0.1) is 0 Å². The second kappa shape index (κ2) is 7.16. The smallest absolute Gasteiger partial charge is 0.416 e. The Kier molecular flexibility index (Phi) is 4.82. The predicted molar refractivity (Wildman–Crippen MR) is 100 cm³/mol. The quantitative estimate of drug-likeness (QED) is 0.578. The third-order valence-corrected chi connectivity index (χ3v) is 5.79. The summed E-state index contributed by atoms with van der Waals surface area (Å²) < 4.78 is 46.3. The van der Waals surface area contributed by atoms with Crippen molar-refractivity contribution < 1.29 is 22.7 Å². The number of carbonyl (C=O) groups excluding carboxylic acids is 1. The highest BCUT2D eigenvalue weighted by Crippen LogP contribution is 2.36. The lowest BCUT2D eigenvalue weighted by molar-refractivity contribution is -0.140. The van der Waals surface area contributed by atoms with Gasteiger partial charge in [-0.1, -0.05) is 42.1 Å². The van der Waals surface area contributed by atoms with Crippen LogP contribution in [-0.4, -0.2) is 26.9 Å². The summed E-state index contributed by atoms with van der Waals surface area (Å²) in [5.74, 6) is -0.313. The van der Waals surface area contributed by atoms with E-state index in [0.717, 1.165) is 17.7 Å². The molecule has 1 aliphatic rings. The molecule has 0 aliphatic carbocycles. The maximum Gasteiger partial charge on any atom is 0.416 e. The lowest BCUT2D eigenvalue weighted by Gasteiger charge is -2.11. The van der Waals surface area contributed by atoms with E-state index in [1.807, 2.05) is 41.8 Å². The largest absolute Gasteiger partial charge is 0.462 e. The molecule has 2 aromatic carbocycles. The molecule has 3 aromatic rings. The minimum atomic E-state index is -4.44. The molecule has 146 valence electrons. The molecule has 4 nitrogen and oxygen atoms in total. The molecule has 4 rings (SSSR count). The first-order valence-electron chi connectivity index (χ1n) is 8.80. The Morgan fingerprint density at radius 3 is 2.61 bits per heavy atom. The molecule has 1 aromatic heterocycles. The number of imidazole rings is 1. The molecule has 8 heteroatoms. The van der Waals surface area contributed by atoms with Gasteiger partial charge in [0.15, 0.2) is 5.16 Å². The fraction of sp³-hybridized carbons (Fsp3) is 0.300. The van der Waals surface area contributed by atoms with Crippen LogP contribution in [-0.2, 0) is 22.3 Å². The number of fused-ring (bicyclic) bond motifs is 1. The van der Waals surface area contributed by atoms with Crippen LogP contribution in [0.4, 0.5) is 13.2 Å². The van der Waals surface area contributed by atoms with E-state index in [1.54, 1.807) is 0 Å². The Bertz CT molecular complexity index is 1020. The number of halogens is 3. The summed E-state index contributed by atoms with van der Waals surface area (Å²) in [6, 6.07) is 13.1. The highest BCUT2D eigenvalue weighted by Gasteiger charge is 2.35. The zero-order valence-electron chi connectivity index (χ0n) is 14.9. The van der Waals surface area contributed by atoms with Crippen LogP contribution in [0.2, 0.25) is 0 Å². The van der Waals surface area contributed by atoms with Crippen molar-refractivity contribution in [2.75, 3.05) is 0 Å². The van der Waals surface area contributed by atoms with Crippen molar-refractivity contribution in [1.29, 1.82) is 0 Å². The van der Waals surface area contributed by atoms with Crippen LogP contribution in [0.5, 0.6) is 0 Å². The molecule has 1 saturated heterocycles. The van der Waals surface area contributed by atoms with Gasteiger partial charge in [0, 0.05) is 6.42 Å². The second-order valence-electron chi connectivity index (χ2n) is 6.76. The topological polar surface area (TPSA) is 44.1 Å². The maximum atomic E-state index is 13.1.